The smallest absolute Gasteiger partial charge is 0.147 e. The predicted octanol–water partition coefficient (Wildman–Crippen LogP) is 3.45. The number of rotatable bonds is 4. The summed E-state index contributed by atoms with van der Waals surface area (Å²) in [5, 5.41) is 18.7. The van der Waals surface area contributed by atoms with Gasteiger partial charge in [0, 0.05) is 5.56 Å². The average molecular weight is 242 g/mol. The minimum absolute atomic E-state index is 0.0373. The van der Waals surface area contributed by atoms with Gasteiger partial charge in [0.1, 0.15) is 5.82 Å². The van der Waals surface area contributed by atoms with Gasteiger partial charge in [-0.15, -0.1) is 0 Å². The summed E-state index contributed by atoms with van der Waals surface area (Å²) in [5.41, 5.74) is 0.0903. The highest BCUT2D eigenvalue weighted by atomic mass is 35.5. The number of nitriles is 1. The molecule has 16 heavy (non-hydrogen) atoms. The molecule has 0 radical (unpaired) electrons. The van der Waals surface area contributed by atoms with Gasteiger partial charge < -0.3 is 5.11 Å². The Balaban J connectivity index is 3.00. The summed E-state index contributed by atoms with van der Waals surface area (Å²) in [6, 6.07) is 6.41. The molecule has 0 aliphatic heterocycles. The molecule has 1 aromatic rings. The van der Waals surface area contributed by atoms with Crippen LogP contribution >= 0.6 is 11.6 Å². The number of aliphatic hydroxyl groups excluding tert-OH is 1. The zero-order valence-corrected chi connectivity index (χ0v) is 9.71. The van der Waals surface area contributed by atoms with Crippen LogP contribution in [0.1, 0.15) is 31.4 Å². The Kier molecular flexibility index (Phi) is 4.72. The molecule has 0 saturated heterocycles. The average Bonchev–Trinajstić information content (AvgIpc) is 2.29. The van der Waals surface area contributed by atoms with Gasteiger partial charge >= 0.3 is 0 Å². The van der Waals surface area contributed by atoms with Gasteiger partial charge in [-0.2, -0.15) is 5.26 Å². The molecular weight excluding hydrogens is 229 g/mol. The summed E-state index contributed by atoms with van der Waals surface area (Å²) in [4.78, 5) is 0. The molecule has 0 bridgehead atoms. The van der Waals surface area contributed by atoms with Crippen molar-refractivity contribution >= 4 is 11.6 Å². The first-order valence-electron chi connectivity index (χ1n) is 5.13. The third-order valence-corrected chi connectivity index (χ3v) is 2.74. The fourth-order valence-electron chi connectivity index (χ4n) is 1.57. The van der Waals surface area contributed by atoms with Crippen molar-refractivity contribution in [1.82, 2.24) is 0 Å². The van der Waals surface area contributed by atoms with Crippen LogP contribution in [0.15, 0.2) is 18.2 Å². The van der Waals surface area contributed by atoms with E-state index >= 15 is 0 Å². The van der Waals surface area contributed by atoms with Gasteiger partial charge in [-0.25, -0.2) is 4.39 Å². The zero-order valence-electron chi connectivity index (χ0n) is 8.95. The third-order valence-electron chi connectivity index (χ3n) is 2.45. The summed E-state index contributed by atoms with van der Waals surface area (Å²) < 4.78 is 13.6. The SMILES string of the molecule is CCCC(C#N)C(O)c1cccc(Cl)c1F. The molecule has 86 valence electrons. The van der Waals surface area contributed by atoms with Gasteiger partial charge in [0.05, 0.1) is 23.1 Å². The largest absolute Gasteiger partial charge is 0.387 e. The van der Waals surface area contributed by atoms with E-state index in [-0.39, 0.29) is 10.6 Å². The number of hydrogen-bond donors (Lipinski definition) is 1. The van der Waals surface area contributed by atoms with E-state index in [1.165, 1.54) is 12.1 Å². The minimum atomic E-state index is -1.12. The first kappa shape index (κ1) is 13.0. The molecule has 0 aromatic heterocycles. The fraction of sp³-hybridized carbons (Fsp3) is 0.417. The highest BCUT2D eigenvalue weighted by Crippen LogP contribution is 2.29. The Morgan fingerprint density at radius 3 is 2.81 bits per heavy atom. The second kappa shape index (κ2) is 5.83. The molecule has 0 aliphatic rings. The molecule has 2 atom stereocenters. The van der Waals surface area contributed by atoms with Crippen molar-refractivity contribution in [3.05, 3.63) is 34.6 Å². The van der Waals surface area contributed by atoms with Crippen LogP contribution in [-0.4, -0.2) is 5.11 Å². The molecule has 1 N–H and O–H groups in total. The molecular formula is C12H13ClFNO. The van der Waals surface area contributed by atoms with Crippen molar-refractivity contribution in [2.45, 2.75) is 25.9 Å². The first-order chi connectivity index (χ1) is 7.61. The van der Waals surface area contributed by atoms with Crippen LogP contribution in [0.5, 0.6) is 0 Å². The normalized spacial score (nSPS) is 14.2. The van der Waals surface area contributed by atoms with Crippen LogP contribution in [0.3, 0.4) is 0 Å². The van der Waals surface area contributed by atoms with Crippen molar-refractivity contribution in [3.8, 4) is 6.07 Å². The van der Waals surface area contributed by atoms with Crippen LogP contribution in [0.25, 0.3) is 0 Å². The molecule has 0 aliphatic carbocycles. The van der Waals surface area contributed by atoms with Gasteiger partial charge in [0.15, 0.2) is 0 Å². The van der Waals surface area contributed by atoms with Crippen molar-refractivity contribution in [1.29, 1.82) is 5.26 Å². The lowest BCUT2D eigenvalue weighted by Crippen LogP contribution is -2.12. The predicted molar refractivity (Wildman–Crippen MR) is 60.4 cm³/mol. The number of benzene rings is 1. The van der Waals surface area contributed by atoms with Gasteiger partial charge in [0.2, 0.25) is 0 Å². The Morgan fingerprint density at radius 2 is 2.25 bits per heavy atom. The molecule has 0 spiro atoms. The van der Waals surface area contributed by atoms with Crippen molar-refractivity contribution in [2.24, 2.45) is 5.92 Å². The maximum absolute atomic E-state index is 13.6. The molecule has 1 aromatic carbocycles. The summed E-state index contributed by atoms with van der Waals surface area (Å²) in [6.07, 6.45) is 0.171. The van der Waals surface area contributed by atoms with Crippen LogP contribution in [0.2, 0.25) is 5.02 Å². The van der Waals surface area contributed by atoms with E-state index in [1.807, 2.05) is 13.0 Å². The van der Waals surface area contributed by atoms with E-state index < -0.39 is 17.8 Å². The number of nitrogens with zero attached hydrogens (tertiary/aromatic N) is 1. The van der Waals surface area contributed by atoms with E-state index in [0.29, 0.717) is 6.42 Å². The van der Waals surface area contributed by atoms with Gasteiger partial charge in [-0.3, -0.25) is 0 Å². The van der Waals surface area contributed by atoms with Crippen LogP contribution in [-0.2, 0) is 0 Å². The Morgan fingerprint density at radius 1 is 1.56 bits per heavy atom. The summed E-state index contributed by atoms with van der Waals surface area (Å²) >= 11 is 5.61. The van der Waals surface area contributed by atoms with E-state index in [0.717, 1.165) is 6.42 Å². The second-order valence-electron chi connectivity index (χ2n) is 3.61. The standard InChI is InChI=1S/C12H13ClFNO/c1-2-4-8(7-15)12(16)9-5-3-6-10(13)11(9)14/h3,5-6,8,12,16H,2,4H2,1H3. The second-order valence-corrected chi connectivity index (χ2v) is 4.02. The topological polar surface area (TPSA) is 44.0 Å². The molecule has 2 nitrogen and oxygen atoms in total. The van der Waals surface area contributed by atoms with Gasteiger partial charge in [-0.1, -0.05) is 37.1 Å². The Labute approximate surface area is 99.3 Å². The highest BCUT2D eigenvalue weighted by molar-refractivity contribution is 6.30. The summed E-state index contributed by atoms with van der Waals surface area (Å²) in [6.45, 7) is 1.91. The summed E-state index contributed by atoms with van der Waals surface area (Å²) in [5.74, 6) is -1.24. The minimum Gasteiger partial charge on any atom is -0.387 e. The molecule has 1 rings (SSSR count). The van der Waals surface area contributed by atoms with Crippen LogP contribution in [0, 0.1) is 23.1 Å². The zero-order chi connectivity index (χ0) is 12.1. The van der Waals surface area contributed by atoms with E-state index in [1.54, 1.807) is 6.07 Å². The van der Waals surface area contributed by atoms with Gasteiger partial charge in [-0.05, 0) is 12.5 Å². The first-order valence-corrected chi connectivity index (χ1v) is 5.51. The fourth-order valence-corrected chi connectivity index (χ4v) is 1.75. The molecule has 0 fully saturated rings. The van der Waals surface area contributed by atoms with Crippen LogP contribution < -0.4 is 0 Å². The van der Waals surface area contributed by atoms with E-state index in [2.05, 4.69) is 0 Å². The maximum atomic E-state index is 13.6. The number of hydrogen-bond acceptors (Lipinski definition) is 2. The van der Waals surface area contributed by atoms with E-state index in [4.69, 9.17) is 16.9 Å². The quantitative estimate of drug-likeness (QED) is 0.878. The van der Waals surface area contributed by atoms with E-state index in [9.17, 15) is 9.50 Å². The molecule has 0 amide bonds. The highest BCUT2D eigenvalue weighted by Gasteiger charge is 2.23. The van der Waals surface area contributed by atoms with Crippen LogP contribution in [0.4, 0.5) is 4.39 Å². The molecule has 0 heterocycles. The van der Waals surface area contributed by atoms with Crippen molar-refractivity contribution < 1.29 is 9.50 Å². The maximum Gasteiger partial charge on any atom is 0.147 e. The molecule has 4 heteroatoms. The van der Waals surface area contributed by atoms with Gasteiger partial charge in [0.25, 0.3) is 0 Å². The lowest BCUT2D eigenvalue weighted by atomic mass is 9.93. The Hall–Kier alpha value is -1.11. The third kappa shape index (κ3) is 2.72. The van der Waals surface area contributed by atoms with Crippen molar-refractivity contribution in [2.75, 3.05) is 0 Å². The number of halogens is 2. The van der Waals surface area contributed by atoms with Crippen molar-refractivity contribution in [3.63, 3.8) is 0 Å². The molecule has 0 saturated carbocycles. The lowest BCUT2D eigenvalue weighted by molar-refractivity contribution is 0.126. The monoisotopic (exact) mass is 241 g/mol. The number of aliphatic hydroxyl groups is 1. The Bertz CT molecular complexity index is 402. The lowest BCUT2D eigenvalue weighted by Gasteiger charge is -2.17. The molecule has 2 unspecified atom stereocenters. The summed E-state index contributed by atoms with van der Waals surface area (Å²) in [7, 11) is 0.